The standard InChI is InChI=1S/C17H23N/c1-6-11-16(7-2)14(3)18(5)15(4)17-12-9-8-10-13-17/h6-15H,1-2H2,3-5H3/b16-11+/t14-,15-/m1/s1. The second-order valence-corrected chi connectivity index (χ2v) is 4.53. The number of nitrogens with zero attached hydrogens (tertiary/aromatic N) is 1. The fraction of sp³-hybridized carbons (Fsp3) is 0.294. The lowest BCUT2D eigenvalue weighted by atomic mass is 10.0. The minimum Gasteiger partial charge on any atom is -0.293 e. The van der Waals surface area contributed by atoms with Gasteiger partial charge in [0.1, 0.15) is 0 Å². The van der Waals surface area contributed by atoms with Gasteiger partial charge in [0.2, 0.25) is 0 Å². The average molecular weight is 241 g/mol. The van der Waals surface area contributed by atoms with Gasteiger partial charge in [-0.3, -0.25) is 4.90 Å². The van der Waals surface area contributed by atoms with Gasteiger partial charge < -0.3 is 0 Å². The molecule has 0 fully saturated rings. The molecule has 1 heteroatoms. The zero-order valence-electron chi connectivity index (χ0n) is 11.6. The van der Waals surface area contributed by atoms with Crippen molar-refractivity contribution in [1.82, 2.24) is 4.90 Å². The fourth-order valence-corrected chi connectivity index (χ4v) is 2.05. The molecule has 0 amide bonds. The first kappa shape index (κ1) is 14.5. The smallest absolute Gasteiger partial charge is 0.0322 e. The van der Waals surface area contributed by atoms with Crippen molar-refractivity contribution in [3.63, 3.8) is 0 Å². The molecule has 1 aromatic rings. The number of likely N-dealkylation sites (N-methyl/N-ethyl adjacent to an activating group) is 1. The van der Waals surface area contributed by atoms with E-state index < -0.39 is 0 Å². The SMILES string of the molecule is C=C/C=C(\C=C)[C@@H](C)N(C)[C@H](C)c1ccccc1. The van der Waals surface area contributed by atoms with Crippen molar-refractivity contribution in [3.05, 3.63) is 72.9 Å². The monoisotopic (exact) mass is 241 g/mol. The zero-order valence-corrected chi connectivity index (χ0v) is 11.6. The van der Waals surface area contributed by atoms with Crippen LogP contribution in [0.25, 0.3) is 0 Å². The highest BCUT2D eigenvalue weighted by Gasteiger charge is 2.18. The highest BCUT2D eigenvalue weighted by molar-refractivity contribution is 5.27. The van der Waals surface area contributed by atoms with Crippen LogP contribution >= 0.6 is 0 Å². The van der Waals surface area contributed by atoms with Crippen LogP contribution in [0.4, 0.5) is 0 Å². The Kier molecular flexibility index (Phi) is 5.60. The summed E-state index contributed by atoms with van der Waals surface area (Å²) in [6.07, 6.45) is 5.74. The van der Waals surface area contributed by atoms with E-state index in [9.17, 15) is 0 Å². The number of allylic oxidation sites excluding steroid dienone is 2. The van der Waals surface area contributed by atoms with Crippen LogP contribution in [0.15, 0.2) is 67.3 Å². The van der Waals surface area contributed by atoms with Gasteiger partial charge in [-0.1, -0.05) is 61.7 Å². The second-order valence-electron chi connectivity index (χ2n) is 4.53. The summed E-state index contributed by atoms with van der Waals surface area (Å²) in [6, 6.07) is 11.2. The van der Waals surface area contributed by atoms with Crippen molar-refractivity contribution >= 4 is 0 Å². The largest absolute Gasteiger partial charge is 0.293 e. The van der Waals surface area contributed by atoms with E-state index in [1.54, 1.807) is 0 Å². The molecule has 0 aromatic heterocycles. The van der Waals surface area contributed by atoms with Crippen LogP contribution in [0.5, 0.6) is 0 Å². The summed E-state index contributed by atoms with van der Waals surface area (Å²) in [5.74, 6) is 0. The lowest BCUT2D eigenvalue weighted by Gasteiger charge is -2.32. The zero-order chi connectivity index (χ0) is 13.5. The molecule has 0 aliphatic carbocycles. The molecule has 0 bridgehead atoms. The van der Waals surface area contributed by atoms with Gasteiger partial charge >= 0.3 is 0 Å². The van der Waals surface area contributed by atoms with Crippen molar-refractivity contribution in [2.75, 3.05) is 7.05 Å². The molecule has 0 N–H and O–H groups in total. The second kappa shape index (κ2) is 6.97. The molecule has 0 spiro atoms. The van der Waals surface area contributed by atoms with E-state index in [1.807, 2.05) is 24.3 Å². The van der Waals surface area contributed by atoms with Crippen LogP contribution in [-0.2, 0) is 0 Å². The van der Waals surface area contributed by atoms with Crippen LogP contribution in [0.1, 0.15) is 25.5 Å². The van der Waals surface area contributed by atoms with Gasteiger partial charge in [-0.2, -0.15) is 0 Å². The molecule has 96 valence electrons. The molecule has 1 aromatic carbocycles. The van der Waals surface area contributed by atoms with Crippen LogP contribution in [-0.4, -0.2) is 18.0 Å². The van der Waals surface area contributed by atoms with Gasteiger partial charge in [0, 0.05) is 12.1 Å². The predicted octanol–water partition coefficient (Wildman–Crippen LogP) is 4.37. The third-order valence-electron chi connectivity index (χ3n) is 3.53. The topological polar surface area (TPSA) is 3.24 Å². The first-order chi connectivity index (χ1) is 8.61. The first-order valence-electron chi connectivity index (χ1n) is 6.33. The van der Waals surface area contributed by atoms with Crippen molar-refractivity contribution in [2.45, 2.75) is 25.9 Å². The number of hydrogen-bond acceptors (Lipinski definition) is 1. The van der Waals surface area contributed by atoms with E-state index in [-0.39, 0.29) is 0 Å². The minimum absolute atomic E-state index is 0.315. The van der Waals surface area contributed by atoms with Crippen molar-refractivity contribution in [2.24, 2.45) is 0 Å². The summed E-state index contributed by atoms with van der Waals surface area (Å²) in [4.78, 5) is 2.34. The Labute approximate surface area is 111 Å². The van der Waals surface area contributed by atoms with Gasteiger partial charge in [0.15, 0.2) is 0 Å². The number of hydrogen-bond donors (Lipinski definition) is 0. The van der Waals surface area contributed by atoms with Gasteiger partial charge in [0.05, 0.1) is 0 Å². The van der Waals surface area contributed by atoms with Crippen LogP contribution in [0.2, 0.25) is 0 Å². The Morgan fingerprint density at radius 2 is 1.78 bits per heavy atom. The Bertz CT molecular complexity index is 416. The van der Waals surface area contributed by atoms with Crippen LogP contribution in [0.3, 0.4) is 0 Å². The lowest BCUT2D eigenvalue weighted by molar-refractivity contribution is 0.223. The number of rotatable bonds is 6. The molecule has 0 aliphatic heterocycles. The molecule has 0 saturated carbocycles. The minimum atomic E-state index is 0.315. The molecule has 1 nitrogen and oxygen atoms in total. The van der Waals surface area contributed by atoms with Crippen LogP contribution < -0.4 is 0 Å². The highest BCUT2D eigenvalue weighted by atomic mass is 15.1. The first-order valence-corrected chi connectivity index (χ1v) is 6.33. The Morgan fingerprint density at radius 3 is 2.28 bits per heavy atom. The third kappa shape index (κ3) is 3.44. The van der Waals surface area contributed by atoms with Gasteiger partial charge in [0.25, 0.3) is 0 Å². The maximum atomic E-state index is 3.87. The maximum Gasteiger partial charge on any atom is 0.0322 e. The third-order valence-corrected chi connectivity index (χ3v) is 3.53. The molecule has 1 rings (SSSR count). The molecule has 0 aliphatic rings. The predicted molar refractivity (Wildman–Crippen MR) is 80.6 cm³/mol. The van der Waals surface area contributed by atoms with E-state index in [0.717, 1.165) is 0 Å². The molecule has 18 heavy (non-hydrogen) atoms. The van der Waals surface area contributed by atoms with Gasteiger partial charge in [-0.15, -0.1) is 0 Å². The average Bonchev–Trinajstić information content (AvgIpc) is 2.43. The van der Waals surface area contributed by atoms with E-state index in [0.29, 0.717) is 12.1 Å². The summed E-state index contributed by atoms with van der Waals surface area (Å²) in [7, 11) is 2.14. The van der Waals surface area contributed by atoms with Gasteiger partial charge in [-0.25, -0.2) is 0 Å². The van der Waals surface area contributed by atoms with Crippen molar-refractivity contribution in [3.8, 4) is 0 Å². The highest BCUT2D eigenvalue weighted by Crippen LogP contribution is 2.23. The molecule has 2 atom stereocenters. The molecular formula is C17H23N. The molecule has 0 radical (unpaired) electrons. The molecule has 0 unspecified atom stereocenters. The lowest BCUT2D eigenvalue weighted by Crippen LogP contribution is -2.32. The van der Waals surface area contributed by atoms with Crippen LogP contribution in [0, 0.1) is 0 Å². The van der Waals surface area contributed by atoms with E-state index in [2.05, 4.69) is 63.2 Å². The summed E-state index contributed by atoms with van der Waals surface area (Å²) >= 11 is 0. The van der Waals surface area contributed by atoms with E-state index >= 15 is 0 Å². The molecular weight excluding hydrogens is 218 g/mol. The Hall–Kier alpha value is -1.60. The molecule has 0 saturated heterocycles. The normalized spacial score (nSPS) is 15.2. The summed E-state index contributed by atoms with van der Waals surface area (Å²) in [5, 5.41) is 0. The summed E-state index contributed by atoms with van der Waals surface area (Å²) in [5.41, 5.74) is 2.52. The molecule has 0 heterocycles. The van der Waals surface area contributed by atoms with Gasteiger partial charge in [-0.05, 0) is 32.0 Å². The maximum absolute atomic E-state index is 3.87. The fourth-order valence-electron chi connectivity index (χ4n) is 2.05. The number of benzene rings is 1. The summed E-state index contributed by atoms with van der Waals surface area (Å²) < 4.78 is 0. The van der Waals surface area contributed by atoms with Crippen molar-refractivity contribution < 1.29 is 0 Å². The van der Waals surface area contributed by atoms with E-state index in [4.69, 9.17) is 0 Å². The van der Waals surface area contributed by atoms with Crippen molar-refractivity contribution in [1.29, 1.82) is 0 Å². The Balaban J connectivity index is 2.86. The Morgan fingerprint density at radius 1 is 1.17 bits per heavy atom. The quantitative estimate of drug-likeness (QED) is 0.669. The van der Waals surface area contributed by atoms with E-state index in [1.165, 1.54) is 11.1 Å². The summed E-state index contributed by atoms with van der Waals surface area (Å²) in [6.45, 7) is 12.0.